The van der Waals surface area contributed by atoms with Crippen LogP contribution in [0.4, 0.5) is 11.8 Å². The SMILES string of the molecule is CC1CCCN1c1ccc(-c2nc(C3(c4ccc(-c5cnc(N)nc5)nc4)CCC3)no2)cn1.COC=O. The minimum atomic E-state index is -0.275. The van der Waals surface area contributed by atoms with E-state index in [-0.39, 0.29) is 11.4 Å². The van der Waals surface area contributed by atoms with Crippen LogP contribution >= 0.6 is 0 Å². The summed E-state index contributed by atoms with van der Waals surface area (Å²) >= 11 is 0. The van der Waals surface area contributed by atoms with Gasteiger partial charge in [-0.2, -0.15) is 4.98 Å². The molecule has 4 aromatic rings. The molecule has 0 amide bonds. The summed E-state index contributed by atoms with van der Waals surface area (Å²) in [5.74, 6) is 2.45. The third-order valence-corrected chi connectivity index (χ3v) is 7.28. The van der Waals surface area contributed by atoms with Gasteiger partial charge < -0.3 is 19.9 Å². The first-order valence-electron chi connectivity index (χ1n) is 12.6. The lowest BCUT2D eigenvalue weighted by Crippen LogP contribution is -2.36. The summed E-state index contributed by atoms with van der Waals surface area (Å²) in [6.45, 7) is 3.68. The molecule has 5 heterocycles. The molecule has 2 aliphatic rings. The number of nitrogens with two attached hydrogens (primary N) is 1. The van der Waals surface area contributed by atoms with Crippen molar-refractivity contribution in [1.82, 2.24) is 30.1 Å². The largest absolute Gasteiger partial charge is 0.471 e. The van der Waals surface area contributed by atoms with E-state index in [0.29, 0.717) is 24.2 Å². The van der Waals surface area contributed by atoms with Crippen molar-refractivity contribution < 1.29 is 14.1 Å². The molecule has 2 fully saturated rings. The molecule has 1 aliphatic carbocycles. The maximum Gasteiger partial charge on any atom is 0.292 e. The number of ether oxygens (including phenoxy) is 1. The molecule has 11 nitrogen and oxygen atoms in total. The third kappa shape index (κ3) is 4.91. The van der Waals surface area contributed by atoms with E-state index in [0.717, 1.165) is 54.0 Å². The summed E-state index contributed by atoms with van der Waals surface area (Å²) in [6.07, 6.45) is 12.5. The zero-order valence-corrected chi connectivity index (χ0v) is 21.4. The van der Waals surface area contributed by atoms with Gasteiger partial charge in [0, 0.05) is 42.9 Å². The number of pyridine rings is 2. The number of carbonyl (C=O) groups excluding carboxylic acids is 1. The Morgan fingerprint density at radius 2 is 1.79 bits per heavy atom. The molecule has 196 valence electrons. The lowest BCUT2D eigenvalue weighted by atomic mass is 9.64. The van der Waals surface area contributed by atoms with Crippen LogP contribution in [0.5, 0.6) is 0 Å². The van der Waals surface area contributed by atoms with Gasteiger partial charge in [-0.15, -0.1) is 0 Å². The fraction of sp³-hybridized carbons (Fsp3) is 0.370. The molecule has 0 bridgehead atoms. The molecule has 6 rings (SSSR count). The van der Waals surface area contributed by atoms with Gasteiger partial charge in [0.15, 0.2) is 5.82 Å². The van der Waals surface area contributed by atoms with Crippen LogP contribution in [0.2, 0.25) is 0 Å². The first kappa shape index (κ1) is 25.2. The highest BCUT2D eigenvalue weighted by Gasteiger charge is 2.45. The summed E-state index contributed by atoms with van der Waals surface area (Å²) in [7, 11) is 1.31. The summed E-state index contributed by atoms with van der Waals surface area (Å²) in [6, 6.07) is 8.65. The third-order valence-electron chi connectivity index (χ3n) is 7.28. The molecular formula is C27H30N8O3. The molecular weight excluding hydrogens is 484 g/mol. The summed E-state index contributed by atoms with van der Waals surface area (Å²) in [4.78, 5) is 33.5. The zero-order valence-electron chi connectivity index (χ0n) is 21.4. The molecule has 1 aliphatic heterocycles. The van der Waals surface area contributed by atoms with Crippen LogP contribution in [0.25, 0.3) is 22.7 Å². The van der Waals surface area contributed by atoms with E-state index in [9.17, 15) is 0 Å². The first-order chi connectivity index (χ1) is 18.5. The van der Waals surface area contributed by atoms with Gasteiger partial charge in [-0.05, 0) is 56.4 Å². The highest BCUT2D eigenvalue weighted by atomic mass is 16.5. The minimum Gasteiger partial charge on any atom is -0.471 e. The van der Waals surface area contributed by atoms with Crippen molar-refractivity contribution in [3.05, 3.63) is 60.4 Å². The predicted molar refractivity (Wildman–Crippen MR) is 141 cm³/mol. The highest BCUT2D eigenvalue weighted by molar-refractivity contribution is 5.58. The van der Waals surface area contributed by atoms with Gasteiger partial charge in [0.1, 0.15) is 5.82 Å². The second kappa shape index (κ2) is 10.9. The normalized spacial score (nSPS) is 17.7. The molecule has 2 N–H and O–H groups in total. The molecule has 0 spiro atoms. The number of methoxy groups -OCH3 is 1. The lowest BCUT2D eigenvalue weighted by Gasteiger charge is -2.39. The van der Waals surface area contributed by atoms with Crippen molar-refractivity contribution in [1.29, 1.82) is 0 Å². The van der Waals surface area contributed by atoms with Gasteiger partial charge in [0.05, 0.1) is 23.8 Å². The van der Waals surface area contributed by atoms with E-state index >= 15 is 0 Å². The highest BCUT2D eigenvalue weighted by Crippen LogP contribution is 2.48. The Labute approximate surface area is 220 Å². The van der Waals surface area contributed by atoms with Gasteiger partial charge in [0.25, 0.3) is 12.4 Å². The van der Waals surface area contributed by atoms with Crippen LogP contribution in [-0.4, -0.2) is 56.2 Å². The van der Waals surface area contributed by atoms with E-state index in [4.69, 9.17) is 20.0 Å². The average Bonchev–Trinajstić information content (AvgIpc) is 3.59. The Kier molecular flexibility index (Phi) is 7.25. The maximum atomic E-state index is 8.95. The molecule has 38 heavy (non-hydrogen) atoms. The molecule has 1 saturated heterocycles. The number of nitrogens with zero attached hydrogens (tertiary/aromatic N) is 7. The van der Waals surface area contributed by atoms with E-state index in [1.54, 1.807) is 12.4 Å². The second-order valence-corrected chi connectivity index (χ2v) is 9.54. The van der Waals surface area contributed by atoms with Crippen LogP contribution < -0.4 is 10.6 Å². The molecule has 1 saturated carbocycles. The van der Waals surface area contributed by atoms with Crippen molar-refractivity contribution in [3.8, 4) is 22.7 Å². The molecule has 1 unspecified atom stereocenters. The Morgan fingerprint density at radius 3 is 2.34 bits per heavy atom. The monoisotopic (exact) mass is 514 g/mol. The quantitative estimate of drug-likeness (QED) is 0.375. The van der Waals surface area contributed by atoms with Crippen molar-refractivity contribution in [3.63, 3.8) is 0 Å². The summed E-state index contributed by atoms with van der Waals surface area (Å²) in [5, 5.41) is 4.38. The van der Waals surface area contributed by atoms with Crippen LogP contribution in [0, 0.1) is 0 Å². The van der Waals surface area contributed by atoms with E-state index in [1.165, 1.54) is 20.0 Å². The number of carbonyl (C=O) groups is 1. The fourth-order valence-electron chi connectivity index (χ4n) is 4.98. The standard InChI is InChI=1S/C25H26N8O.C2H4O2/c1-16-4-2-11-33(16)21-8-5-17(12-28-21)22-31-23(32-34-22)25(9-3-10-25)19-6-7-20(27-15-19)18-13-29-24(26)30-14-18;1-4-2-3/h5-8,12-16H,2-4,9-11H2,1H3,(H2,26,29,30);2H,1H3. The van der Waals surface area contributed by atoms with Crippen LogP contribution in [0.15, 0.2) is 53.6 Å². The fourth-order valence-corrected chi connectivity index (χ4v) is 4.98. The van der Waals surface area contributed by atoms with E-state index in [1.807, 2.05) is 30.6 Å². The van der Waals surface area contributed by atoms with Gasteiger partial charge >= 0.3 is 0 Å². The van der Waals surface area contributed by atoms with Crippen molar-refractivity contribution >= 4 is 18.2 Å². The topological polar surface area (TPSA) is 146 Å². The first-order valence-corrected chi connectivity index (χ1v) is 12.6. The van der Waals surface area contributed by atoms with Gasteiger partial charge in [-0.1, -0.05) is 17.6 Å². The maximum absolute atomic E-state index is 8.95. The molecule has 4 aromatic heterocycles. The number of anilines is 2. The predicted octanol–water partition coefficient (Wildman–Crippen LogP) is 3.81. The summed E-state index contributed by atoms with van der Waals surface area (Å²) < 4.78 is 9.54. The molecule has 0 radical (unpaired) electrons. The smallest absolute Gasteiger partial charge is 0.292 e. The summed E-state index contributed by atoms with van der Waals surface area (Å²) in [5.41, 5.74) is 8.86. The van der Waals surface area contributed by atoms with Crippen molar-refractivity contribution in [2.24, 2.45) is 0 Å². The number of hydrogen-bond acceptors (Lipinski definition) is 11. The van der Waals surface area contributed by atoms with Gasteiger partial charge in [0.2, 0.25) is 5.95 Å². The Morgan fingerprint density at radius 1 is 1.03 bits per heavy atom. The number of nitrogen functional groups attached to an aromatic ring is 1. The van der Waals surface area contributed by atoms with E-state index in [2.05, 4.69) is 47.7 Å². The van der Waals surface area contributed by atoms with Gasteiger partial charge in [-0.3, -0.25) is 9.78 Å². The van der Waals surface area contributed by atoms with Crippen LogP contribution in [-0.2, 0) is 14.9 Å². The van der Waals surface area contributed by atoms with Crippen molar-refractivity contribution in [2.75, 3.05) is 24.3 Å². The zero-order chi connectivity index (χ0) is 26.5. The van der Waals surface area contributed by atoms with Crippen molar-refractivity contribution in [2.45, 2.75) is 50.5 Å². The number of rotatable bonds is 6. The Bertz CT molecular complexity index is 1350. The Hall–Kier alpha value is -4.41. The van der Waals surface area contributed by atoms with Crippen LogP contribution in [0.3, 0.4) is 0 Å². The van der Waals surface area contributed by atoms with Gasteiger partial charge in [-0.25, -0.2) is 15.0 Å². The number of aromatic nitrogens is 6. The lowest BCUT2D eigenvalue weighted by molar-refractivity contribution is -0.126. The van der Waals surface area contributed by atoms with Crippen LogP contribution in [0.1, 0.15) is 50.4 Å². The Balaban J connectivity index is 0.000000689. The number of hydrogen-bond donors (Lipinski definition) is 1. The molecule has 1 atom stereocenters. The molecule has 0 aromatic carbocycles. The average molecular weight is 515 g/mol. The van der Waals surface area contributed by atoms with E-state index < -0.39 is 0 Å². The molecule has 11 heteroatoms. The minimum absolute atomic E-state index is 0.247. The second-order valence-electron chi connectivity index (χ2n) is 9.54.